The van der Waals surface area contributed by atoms with Crippen LogP contribution >= 0.6 is 11.6 Å². The Balaban J connectivity index is 2.13. The van der Waals surface area contributed by atoms with Gasteiger partial charge in [0, 0.05) is 36.1 Å². The molecule has 5 heteroatoms. The Morgan fingerprint density at radius 1 is 1.44 bits per heavy atom. The highest BCUT2D eigenvalue weighted by atomic mass is 35.5. The lowest BCUT2D eigenvalue weighted by Crippen LogP contribution is -2.07. The fraction of sp³-hybridized carbons (Fsp3) is 0.308. The van der Waals surface area contributed by atoms with Crippen molar-refractivity contribution in [2.24, 2.45) is 5.73 Å². The number of benzene rings is 1. The highest BCUT2D eigenvalue weighted by Crippen LogP contribution is 2.26. The molecular formula is C13H16ClN3O. The zero-order chi connectivity index (χ0) is 13.0. The lowest BCUT2D eigenvalue weighted by molar-refractivity contribution is 0.287. The Labute approximate surface area is 111 Å². The molecule has 4 nitrogen and oxygen atoms in total. The molecule has 0 bridgehead atoms. The summed E-state index contributed by atoms with van der Waals surface area (Å²) in [6, 6.07) is 5.53. The maximum atomic E-state index is 6.07. The van der Waals surface area contributed by atoms with Gasteiger partial charge in [-0.15, -0.1) is 0 Å². The van der Waals surface area contributed by atoms with Crippen molar-refractivity contribution in [3.63, 3.8) is 0 Å². The van der Waals surface area contributed by atoms with E-state index < -0.39 is 0 Å². The van der Waals surface area contributed by atoms with Gasteiger partial charge in [-0.25, -0.2) is 4.98 Å². The zero-order valence-electron chi connectivity index (χ0n) is 10.3. The second-order valence-corrected chi connectivity index (χ2v) is 4.25. The van der Waals surface area contributed by atoms with E-state index in [2.05, 4.69) is 11.9 Å². The quantitative estimate of drug-likeness (QED) is 0.904. The zero-order valence-corrected chi connectivity index (χ0v) is 11.0. The summed E-state index contributed by atoms with van der Waals surface area (Å²) in [5.41, 5.74) is 6.50. The van der Waals surface area contributed by atoms with Gasteiger partial charge in [-0.1, -0.05) is 17.7 Å². The molecule has 2 rings (SSSR count). The van der Waals surface area contributed by atoms with E-state index in [0.717, 1.165) is 23.7 Å². The van der Waals surface area contributed by atoms with Crippen LogP contribution in [0.25, 0.3) is 0 Å². The summed E-state index contributed by atoms with van der Waals surface area (Å²) in [4.78, 5) is 4.25. The number of hydrogen-bond acceptors (Lipinski definition) is 3. The second kappa shape index (κ2) is 5.89. The maximum absolute atomic E-state index is 6.07. The lowest BCUT2D eigenvalue weighted by atomic mass is 10.2. The van der Waals surface area contributed by atoms with Gasteiger partial charge in [-0.3, -0.25) is 0 Å². The first-order valence-electron chi connectivity index (χ1n) is 5.86. The number of aryl methyl sites for hydroxylation is 1. The average molecular weight is 266 g/mol. The van der Waals surface area contributed by atoms with Crippen LogP contribution in [-0.4, -0.2) is 9.55 Å². The molecule has 0 amide bonds. The van der Waals surface area contributed by atoms with Crippen LogP contribution in [0.1, 0.15) is 18.3 Å². The van der Waals surface area contributed by atoms with Gasteiger partial charge < -0.3 is 15.0 Å². The van der Waals surface area contributed by atoms with E-state index in [1.807, 2.05) is 29.0 Å². The molecule has 2 aromatic rings. The Hall–Kier alpha value is -1.52. The third kappa shape index (κ3) is 2.66. The Bertz CT molecular complexity index is 525. The third-order valence-corrected chi connectivity index (χ3v) is 3.13. The first-order chi connectivity index (χ1) is 8.76. The largest absolute Gasteiger partial charge is 0.485 e. The van der Waals surface area contributed by atoms with Gasteiger partial charge in [-0.2, -0.15) is 0 Å². The van der Waals surface area contributed by atoms with Crippen LogP contribution in [0.3, 0.4) is 0 Å². The minimum Gasteiger partial charge on any atom is -0.485 e. The molecule has 0 atom stereocenters. The Kier molecular flexibility index (Phi) is 4.23. The van der Waals surface area contributed by atoms with Gasteiger partial charge in [0.2, 0.25) is 0 Å². The van der Waals surface area contributed by atoms with Crippen LogP contribution in [0.15, 0.2) is 30.6 Å². The molecule has 1 aromatic carbocycles. The van der Waals surface area contributed by atoms with E-state index in [0.29, 0.717) is 18.2 Å². The van der Waals surface area contributed by atoms with E-state index in [1.54, 1.807) is 6.20 Å². The van der Waals surface area contributed by atoms with Gasteiger partial charge >= 0.3 is 0 Å². The van der Waals surface area contributed by atoms with Crippen molar-refractivity contribution in [3.8, 4) is 5.75 Å². The lowest BCUT2D eigenvalue weighted by Gasteiger charge is -2.12. The molecule has 0 aliphatic heterocycles. The first-order valence-corrected chi connectivity index (χ1v) is 6.24. The summed E-state index contributed by atoms with van der Waals surface area (Å²) in [6.07, 6.45) is 3.70. The SMILES string of the molecule is CCn1ccnc1COc1cccc(Cl)c1CN. The molecular weight excluding hydrogens is 250 g/mol. The smallest absolute Gasteiger partial charge is 0.146 e. The number of imidazole rings is 1. The van der Waals surface area contributed by atoms with Crippen LogP contribution in [0.4, 0.5) is 0 Å². The van der Waals surface area contributed by atoms with E-state index in [1.165, 1.54) is 0 Å². The van der Waals surface area contributed by atoms with Crippen LogP contribution in [-0.2, 0) is 19.7 Å². The van der Waals surface area contributed by atoms with Crippen molar-refractivity contribution < 1.29 is 4.74 Å². The van der Waals surface area contributed by atoms with Crippen LogP contribution in [0.2, 0.25) is 5.02 Å². The van der Waals surface area contributed by atoms with E-state index in [9.17, 15) is 0 Å². The number of nitrogens with two attached hydrogens (primary N) is 1. The number of rotatable bonds is 5. The van der Waals surface area contributed by atoms with E-state index >= 15 is 0 Å². The van der Waals surface area contributed by atoms with Crippen LogP contribution in [0, 0.1) is 0 Å². The molecule has 0 fully saturated rings. The third-order valence-electron chi connectivity index (χ3n) is 2.78. The number of aromatic nitrogens is 2. The van der Waals surface area contributed by atoms with Crippen molar-refractivity contribution >= 4 is 11.6 Å². The number of nitrogens with zero attached hydrogens (tertiary/aromatic N) is 2. The summed E-state index contributed by atoms with van der Waals surface area (Å²) in [5, 5.41) is 0.633. The normalized spacial score (nSPS) is 10.6. The molecule has 2 N–H and O–H groups in total. The topological polar surface area (TPSA) is 53.1 Å². The molecule has 0 unspecified atom stereocenters. The van der Waals surface area contributed by atoms with Crippen molar-refractivity contribution in [1.82, 2.24) is 9.55 Å². The maximum Gasteiger partial charge on any atom is 0.146 e. The average Bonchev–Trinajstić information content (AvgIpc) is 2.83. The summed E-state index contributed by atoms with van der Waals surface area (Å²) in [6.45, 7) is 3.71. The van der Waals surface area contributed by atoms with Gasteiger partial charge in [0.05, 0.1) is 0 Å². The minimum atomic E-state index is 0.358. The van der Waals surface area contributed by atoms with Crippen molar-refractivity contribution in [1.29, 1.82) is 0 Å². The second-order valence-electron chi connectivity index (χ2n) is 3.84. The van der Waals surface area contributed by atoms with Crippen LogP contribution in [0.5, 0.6) is 5.75 Å². The fourth-order valence-electron chi connectivity index (χ4n) is 1.78. The van der Waals surface area contributed by atoms with Gasteiger partial charge in [0.1, 0.15) is 18.2 Å². The molecule has 0 aliphatic rings. The number of ether oxygens (including phenoxy) is 1. The number of halogens is 1. The van der Waals surface area contributed by atoms with Gasteiger partial charge in [0.15, 0.2) is 0 Å². The Morgan fingerprint density at radius 2 is 2.28 bits per heavy atom. The van der Waals surface area contributed by atoms with Crippen LogP contribution < -0.4 is 10.5 Å². The summed E-state index contributed by atoms with van der Waals surface area (Å²) in [7, 11) is 0. The first kappa shape index (κ1) is 12.9. The molecule has 0 radical (unpaired) electrons. The predicted molar refractivity (Wildman–Crippen MR) is 71.6 cm³/mol. The summed E-state index contributed by atoms with van der Waals surface area (Å²) in [5.74, 6) is 1.61. The van der Waals surface area contributed by atoms with Gasteiger partial charge in [0.25, 0.3) is 0 Å². The van der Waals surface area contributed by atoms with Crippen molar-refractivity contribution in [2.45, 2.75) is 26.6 Å². The highest BCUT2D eigenvalue weighted by molar-refractivity contribution is 6.31. The van der Waals surface area contributed by atoms with Crippen molar-refractivity contribution in [3.05, 3.63) is 47.0 Å². The summed E-state index contributed by atoms with van der Waals surface area (Å²) < 4.78 is 7.78. The molecule has 0 saturated carbocycles. The monoisotopic (exact) mass is 265 g/mol. The molecule has 1 heterocycles. The molecule has 0 saturated heterocycles. The Morgan fingerprint density at radius 3 is 3.00 bits per heavy atom. The summed E-state index contributed by atoms with van der Waals surface area (Å²) >= 11 is 6.07. The van der Waals surface area contributed by atoms with E-state index in [4.69, 9.17) is 22.1 Å². The standard InChI is InChI=1S/C13H16ClN3O/c1-2-17-7-6-16-13(17)9-18-12-5-3-4-11(14)10(12)8-15/h3-7H,2,8-9,15H2,1H3. The highest BCUT2D eigenvalue weighted by Gasteiger charge is 2.08. The predicted octanol–water partition coefficient (Wildman–Crippen LogP) is 2.59. The minimum absolute atomic E-state index is 0.358. The molecule has 96 valence electrons. The molecule has 1 aromatic heterocycles. The molecule has 18 heavy (non-hydrogen) atoms. The number of hydrogen-bond donors (Lipinski definition) is 1. The van der Waals surface area contributed by atoms with Crippen molar-refractivity contribution in [2.75, 3.05) is 0 Å². The fourth-order valence-corrected chi connectivity index (χ4v) is 2.03. The molecule has 0 aliphatic carbocycles. The van der Waals surface area contributed by atoms with E-state index in [-0.39, 0.29) is 0 Å². The van der Waals surface area contributed by atoms with Gasteiger partial charge in [-0.05, 0) is 19.1 Å². The molecule has 0 spiro atoms.